The van der Waals surface area contributed by atoms with Crippen molar-refractivity contribution in [2.24, 2.45) is 5.92 Å². The summed E-state index contributed by atoms with van der Waals surface area (Å²) < 4.78 is 13.1. The molecule has 1 fully saturated rings. The lowest BCUT2D eigenvalue weighted by molar-refractivity contribution is -0.122. The lowest BCUT2D eigenvalue weighted by Gasteiger charge is -2.07. The summed E-state index contributed by atoms with van der Waals surface area (Å²) in [4.78, 5) is 23.7. The summed E-state index contributed by atoms with van der Waals surface area (Å²) in [6.07, 6.45) is 1.95. The lowest BCUT2D eigenvalue weighted by atomic mass is 10.1. The predicted octanol–water partition coefficient (Wildman–Crippen LogP) is 3.10. The van der Waals surface area contributed by atoms with Gasteiger partial charge in [0.25, 0.3) is 5.91 Å². The molecule has 2 aromatic carbocycles. The van der Waals surface area contributed by atoms with Crippen molar-refractivity contribution in [1.29, 1.82) is 0 Å². The Morgan fingerprint density at radius 1 is 1.09 bits per heavy atom. The van der Waals surface area contributed by atoms with Gasteiger partial charge >= 0.3 is 0 Å². The van der Waals surface area contributed by atoms with Crippen LogP contribution in [0.15, 0.2) is 48.5 Å². The van der Waals surface area contributed by atoms with Gasteiger partial charge in [-0.15, -0.1) is 0 Å². The van der Waals surface area contributed by atoms with Crippen molar-refractivity contribution in [2.75, 3.05) is 5.32 Å². The van der Waals surface area contributed by atoms with Crippen molar-refractivity contribution in [3.63, 3.8) is 0 Å². The first-order chi connectivity index (χ1) is 11.1. The molecule has 2 aromatic rings. The molecule has 0 heterocycles. The number of benzene rings is 2. The average Bonchev–Trinajstić information content (AvgIpc) is 3.38. The highest BCUT2D eigenvalue weighted by molar-refractivity contribution is 6.04. The molecular weight excluding hydrogens is 295 g/mol. The Balaban J connectivity index is 1.57. The Labute approximate surface area is 133 Å². The highest BCUT2D eigenvalue weighted by Gasteiger charge is 2.29. The number of rotatable bonds is 5. The lowest BCUT2D eigenvalue weighted by Crippen LogP contribution is -2.24. The van der Waals surface area contributed by atoms with E-state index in [2.05, 4.69) is 10.6 Å². The van der Waals surface area contributed by atoms with Crippen LogP contribution in [0, 0.1) is 11.7 Å². The number of nitrogens with one attached hydrogen (secondary N) is 2. The third-order valence-corrected chi connectivity index (χ3v) is 3.71. The molecule has 0 bridgehead atoms. The number of halogens is 1. The molecule has 2 N–H and O–H groups in total. The molecule has 0 spiro atoms. The quantitative estimate of drug-likeness (QED) is 0.891. The van der Waals surface area contributed by atoms with E-state index in [0.717, 1.165) is 18.4 Å². The van der Waals surface area contributed by atoms with E-state index in [1.807, 2.05) is 0 Å². The smallest absolute Gasteiger partial charge is 0.255 e. The Bertz CT molecular complexity index is 724. The maximum Gasteiger partial charge on any atom is 0.255 e. The van der Waals surface area contributed by atoms with Crippen LogP contribution in [0.25, 0.3) is 0 Å². The molecule has 118 valence electrons. The van der Waals surface area contributed by atoms with E-state index in [-0.39, 0.29) is 17.7 Å². The molecule has 0 aromatic heterocycles. The SMILES string of the molecule is O=C(Nc1cccc(F)c1)c1ccc(CNC(=O)C2CC2)cc1. The number of hydrogen-bond donors (Lipinski definition) is 2. The maximum absolute atomic E-state index is 13.1. The number of carbonyl (C=O) groups is 2. The monoisotopic (exact) mass is 312 g/mol. The zero-order valence-electron chi connectivity index (χ0n) is 12.5. The van der Waals surface area contributed by atoms with Crippen LogP contribution < -0.4 is 10.6 Å². The van der Waals surface area contributed by atoms with Gasteiger partial charge < -0.3 is 10.6 Å². The molecule has 0 saturated heterocycles. The molecule has 1 aliphatic rings. The zero-order valence-corrected chi connectivity index (χ0v) is 12.5. The van der Waals surface area contributed by atoms with Crippen LogP contribution in [0.3, 0.4) is 0 Å². The fourth-order valence-electron chi connectivity index (χ4n) is 2.22. The van der Waals surface area contributed by atoms with E-state index >= 15 is 0 Å². The van der Waals surface area contributed by atoms with Crippen molar-refractivity contribution in [3.05, 3.63) is 65.5 Å². The topological polar surface area (TPSA) is 58.2 Å². The largest absolute Gasteiger partial charge is 0.352 e. The average molecular weight is 312 g/mol. The Morgan fingerprint density at radius 3 is 2.48 bits per heavy atom. The van der Waals surface area contributed by atoms with E-state index in [1.54, 1.807) is 30.3 Å². The van der Waals surface area contributed by atoms with Gasteiger partial charge in [0.2, 0.25) is 5.91 Å². The van der Waals surface area contributed by atoms with Crippen molar-refractivity contribution < 1.29 is 14.0 Å². The van der Waals surface area contributed by atoms with Crippen LogP contribution in [-0.4, -0.2) is 11.8 Å². The molecule has 4 nitrogen and oxygen atoms in total. The number of anilines is 1. The standard InChI is InChI=1S/C18H17FN2O2/c19-15-2-1-3-16(10-15)21-18(23)14-6-4-12(5-7-14)11-20-17(22)13-8-9-13/h1-7,10,13H,8-9,11H2,(H,20,22)(H,21,23). The molecule has 0 atom stereocenters. The zero-order chi connectivity index (χ0) is 16.2. The van der Waals surface area contributed by atoms with Gasteiger partial charge in [-0.25, -0.2) is 4.39 Å². The summed E-state index contributed by atoms with van der Waals surface area (Å²) in [5, 5.41) is 5.52. The first-order valence-corrected chi connectivity index (χ1v) is 7.55. The minimum absolute atomic E-state index is 0.0953. The molecular formula is C18H17FN2O2. The van der Waals surface area contributed by atoms with Crippen LogP contribution in [0.5, 0.6) is 0 Å². The predicted molar refractivity (Wildman–Crippen MR) is 85.4 cm³/mol. The molecule has 1 aliphatic carbocycles. The normalized spacial score (nSPS) is 13.4. The van der Waals surface area contributed by atoms with Gasteiger partial charge in [-0.2, -0.15) is 0 Å². The van der Waals surface area contributed by atoms with Crippen LogP contribution in [0.1, 0.15) is 28.8 Å². The van der Waals surface area contributed by atoms with Gasteiger partial charge in [-0.1, -0.05) is 18.2 Å². The maximum atomic E-state index is 13.1. The Hall–Kier alpha value is -2.69. The fourth-order valence-corrected chi connectivity index (χ4v) is 2.22. The van der Waals surface area contributed by atoms with Crippen LogP contribution in [0.4, 0.5) is 10.1 Å². The third kappa shape index (κ3) is 4.16. The van der Waals surface area contributed by atoms with E-state index in [0.29, 0.717) is 17.8 Å². The molecule has 1 saturated carbocycles. The van der Waals surface area contributed by atoms with Gasteiger partial charge in [0.1, 0.15) is 5.82 Å². The second kappa shape index (κ2) is 6.60. The van der Waals surface area contributed by atoms with Gasteiger partial charge in [-0.05, 0) is 48.7 Å². The molecule has 0 aliphatic heterocycles. The summed E-state index contributed by atoms with van der Waals surface area (Å²) in [5.41, 5.74) is 1.82. The van der Waals surface area contributed by atoms with E-state index in [1.165, 1.54) is 18.2 Å². The van der Waals surface area contributed by atoms with Crippen molar-refractivity contribution in [3.8, 4) is 0 Å². The second-order valence-corrected chi connectivity index (χ2v) is 5.65. The third-order valence-electron chi connectivity index (χ3n) is 3.71. The highest BCUT2D eigenvalue weighted by Crippen LogP contribution is 2.28. The summed E-state index contributed by atoms with van der Waals surface area (Å²) in [7, 11) is 0. The fraction of sp³-hybridized carbons (Fsp3) is 0.222. The molecule has 3 rings (SSSR count). The van der Waals surface area contributed by atoms with Gasteiger partial charge in [-0.3, -0.25) is 9.59 Å². The van der Waals surface area contributed by atoms with Crippen LogP contribution in [0.2, 0.25) is 0 Å². The minimum atomic E-state index is -0.399. The molecule has 5 heteroatoms. The van der Waals surface area contributed by atoms with E-state index in [4.69, 9.17) is 0 Å². The van der Waals surface area contributed by atoms with Crippen LogP contribution in [-0.2, 0) is 11.3 Å². The second-order valence-electron chi connectivity index (χ2n) is 5.65. The van der Waals surface area contributed by atoms with Crippen molar-refractivity contribution >= 4 is 17.5 Å². The van der Waals surface area contributed by atoms with Gasteiger partial charge in [0, 0.05) is 23.7 Å². The van der Waals surface area contributed by atoms with Crippen LogP contribution >= 0.6 is 0 Å². The summed E-state index contributed by atoms with van der Waals surface area (Å²) in [5.74, 6) is -0.419. The first-order valence-electron chi connectivity index (χ1n) is 7.55. The Kier molecular flexibility index (Phi) is 4.37. The number of amides is 2. The summed E-state index contributed by atoms with van der Waals surface area (Å²) in [6, 6.07) is 12.7. The van der Waals surface area contributed by atoms with E-state index < -0.39 is 5.82 Å². The van der Waals surface area contributed by atoms with Gasteiger partial charge in [0.15, 0.2) is 0 Å². The first kappa shape index (κ1) is 15.2. The minimum Gasteiger partial charge on any atom is -0.352 e. The van der Waals surface area contributed by atoms with Crippen molar-refractivity contribution in [1.82, 2.24) is 5.32 Å². The summed E-state index contributed by atoms with van der Waals surface area (Å²) >= 11 is 0. The summed E-state index contributed by atoms with van der Waals surface area (Å²) in [6.45, 7) is 0.459. The number of hydrogen-bond acceptors (Lipinski definition) is 2. The number of carbonyl (C=O) groups excluding carboxylic acids is 2. The van der Waals surface area contributed by atoms with E-state index in [9.17, 15) is 14.0 Å². The Morgan fingerprint density at radius 2 is 1.83 bits per heavy atom. The molecule has 23 heavy (non-hydrogen) atoms. The molecule has 0 unspecified atom stereocenters. The molecule has 2 amide bonds. The van der Waals surface area contributed by atoms with Gasteiger partial charge in [0.05, 0.1) is 0 Å². The molecule has 0 radical (unpaired) electrons. The highest BCUT2D eigenvalue weighted by atomic mass is 19.1. The van der Waals surface area contributed by atoms with Crippen molar-refractivity contribution in [2.45, 2.75) is 19.4 Å².